The lowest BCUT2D eigenvalue weighted by Gasteiger charge is -2.22. The van der Waals surface area contributed by atoms with Crippen LogP contribution in [0.25, 0.3) is 0 Å². The normalized spacial score (nSPS) is 14.2. The van der Waals surface area contributed by atoms with Gasteiger partial charge in [0, 0.05) is 6.42 Å². The monoisotopic (exact) mass is 704 g/mol. The van der Waals surface area contributed by atoms with E-state index in [9.17, 15) is 15.0 Å². The van der Waals surface area contributed by atoms with E-state index in [2.05, 4.69) is 129 Å². The summed E-state index contributed by atoms with van der Waals surface area (Å²) in [4.78, 5) is 12.3. The zero-order chi connectivity index (χ0) is 37.1. The number of aliphatic hydroxyl groups excluding tert-OH is 2. The van der Waals surface area contributed by atoms with Crippen LogP contribution >= 0.6 is 0 Å². The quantitative estimate of drug-likeness (QED) is 0.0454. The second-order valence-corrected chi connectivity index (χ2v) is 13.3. The van der Waals surface area contributed by atoms with Gasteiger partial charge in [-0.25, -0.2) is 0 Å². The maximum Gasteiger partial charge on any atom is 0.220 e. The molecule has 0 aliphatic carbocycles. The Hall–Kier alpha value is -2.95. The second kappa shape index (κ2) is 41.5. The van der Waals surface area contributed by atoms with Gasteiger partial charge in [-0.2, -0.15) is 0 Å². The van der Waals surface area contributed by atoms with Crippen molar-refractivity contribution in [1.82, 2.24) is 5.32 Å². The Bertz CT molecular complexity index is 1030. The molecule has 0 saturated heterocycles. The first-order valence-electron chi connectivity index (χ1n) is 20.6. The first-order valence-corrected chi connectivity index (χ1v) is 20.6. The lowest BCUT2D eigenvalue weighted by atomic mass is 10.0. The Balaban J connectivity index is 3.66. The Morgan fingerprint density at radius 3 is 1.29 bits per heavy atom. The molecule has 0 aromatic rings. The number of nitrogens with one attached hydrogen (secondary N) is 1. The van der Waals surface area contributed by atoms with Crippen LogP contribution in [-0.4, -0.2) is 34.9 Å². The summed E-state index contributed by atoms with van der Waals surface area (Å²) in [6, 6.07) is -0.551. The van der Waals surface area contributed by atoms with Crippen LogP contribution in [-0.2, 0) is 4.79 Å². The van der Waals surface area contributed by atoms with Crippen molar-refractivity contribution >= 4 is 5.91 Å². The highest BCUT2D eigenvalue weighted by molar-refractivity contribution is 5.76. The number of allylic oxidation sites excluding steroid dienone is 18. The van der Waals surface area contributed by atoms with Crippen molar-refractivity contribution in [3.8, 4) is 0 Å². The lowest BCUT2D eigenvalue weighted by Crippen LogP contribution is -2.45. The lowest BCUT2D eigenvalue weighted by molar-refractivity contribution is -0.123. The summed E-state index contributed by atoms with van der Waals surface area (Å²) in [6.07, 6.45) is 63.2. The van der Waals surface area contributed by atoms with Gasteiger partial charge in [0.1, 0.15) is 0 Å². The highest BCUT2D eigenvalue weighted by Gasteiger charge is 2.19. The van der Waals surface area contributed by atoms with E-state index < -0.39 is 12.1 Å². The van der Waals surface area contributed by atoms with Crippen LogP contribution in [0.4, 0.5) is 0 Å². The molecule has 0 aromatic heterocycles. The maximum atomic E-state index is 12.3. The van der Waals surface area contributed by atoms with Gasteiger partial charge < -0.3 is 15.5 Å². The molecule has 2 unspecified atom stereocenters. The van der Waals surface area contributed by atoms with E-state index in [4.69, 9.17) is 0 Å². The molecule has 4 nitrogen and oxygen atoms in total. The van der Waals surface area contributed by atoms with E-state index in [1.807, 2.05) is 0 Å². The average Bonchev–Trinajstić information content (AvgIpc) is 3.13. The predicted molar refractivity (Wildman–Crippen MR) is 225 cm³/mol. The van der Waals surface area contributed by atoms with Crippen LogP contribution < -0.4 is 5.32 Å². The molecule has 0 aliphatic rings. The molecule has 0 heterocycles. The van der Waals surface area contributed by atoms with Crippen LogP contribution in [0.15, 0.2) is 109 Å². The molecule has 51 heavy (non-hydrogen) atoms. The van der Waals surface area contributed by atoms with Crippen molar-refractivity contribution in [3.63, 3.8) is 0 Å². The van der Waals surface area contributed by atoms with Gasteiger partial charge in [-0.05, 0) is 83.5 Å². The minimum atomic E-state index is -0.671. The van der Waals surface area contributed by atoms with E-state index >= 15 is 0 Å². The summed E-state index contributed by atoms with van der Waals surface area (Å²) in [5.41, 5.74) is 0. The van der Waals surface area contributed by atoms with E-state index in [-0.39, 0.29) is 12.5 Å². The van der Waals surface area contributed by atoms with Gasteiger partial charge in [-0.15, -0.1) is 0 Å². The van der Waals surface area contributed by atoms with Crippen LogP contribution in [0.3, 0.4) is 0 Å². The summed E-state index contributed by atoms with van der Waals surface area (Å²) in [5, 5.41) is 22.8. The van der Waals surface area contributed by atoms with Gasteiger partial charge in [0.2, 0.25) is 5.91 Å². The third-order valence-corrected chi connectivity index (χ3v) is 8.55. The largest absolute Gasteiger partial charge is 0.394 e. The van der Waals surface area contributed by atoms with Crippen LogP contribution in [0.2, 0.25) is 0 Å². The molecule has 2 atom stereocenters. The summed E-state index contributed by atoms with van der Waals surface area (Å²) in [5.74, 6) is -0.0626. The number of hydrogen-bond acceptors (Lipinski definition) is 3. The smallest absolute Gasteiger partial charge is 0.220 e. The molecule has 0 fully saturated rings. The molecular formula is C47H77NO3. The molecule has 0 saturated carbocycles. The van der Waals surface area contributed by atoms with Crippen LogP contribution in [0.1, 0.15) is 162 Å². The molecule has 4 heteroatoms. The van der Waals surface area contributed by atoms with Crippen LogP contribution in [0.5, 0.6) is 0 Å². The number of carbonyl (C=O) groups is 1. The molecule has 0 spiro atoms. The number of unbranched alkanes of at least 4 members (excludes halogenated alkanes) is 10. The van der Waals surface area contributed by atoms with E-state index in [0.29, 0.717) is 12.8 Å². The molecule has 0 aliphatic heterocycles. The van der Waals surface area contributed by atoms with Gasteiger partial charge in [0.15, 0.2) is 0 Å². The Morgan fingerprint density at radius 1 is 0.490 bits per heavy atom. The third kappa shape index (κ3) is 38.1. The Labute approximate surface area is 315 Å². The van der Waals surface area contributed by atoms with Gasteiger partial charge in [-0.3, -0.25) is 4.79 Å². The first-order chi connectivity index (χ1) is 25.2. The minimum absolute atomic E-state index is 0.0626. The first kappa shape index (κ1) is 48.0. The molecule has 0 rings (SSSR count). The van der Waals surface area contributed by atoms with Crippen molar-refractivity contribution in [2.24, 2.45) is 0 Å². The van der Waals surface area contributed by atoms with Crippen molar-refractivity contribution in [2.75, 3.05) is 6.61 Å². The topological polar surface area (TPSA) is 69.6 Å². The maximum absolute atomic E-state index is 12.3. The molecule has 3 N–H and O–H groups in total. The van der Waals surface area contributed by atoms with Gasteiger partial charge >= 0.3 is 0 Å². The highest BCUT2D eigenvalue weighted by Crippen LogP contribution is 2.12. The van der Waals surface area contributed by atoms with Crippen molar-refractivity contribution in [1.29, 1.82) is 0 Å². The molecular weight excluding hydrogens is 627 g/mol. The zero-order valence-corrected chi connectivity index (χ0v) is 32.8. The average molecular weight is 704 g/mol. The number of carbonyl (C=O) groups excluding carboxylic acids is 1. The third-order valence-electron chi connectivity index (χ3n) is 8.55. The van der Waals surface area contributed by atoms with E-state index in [0.717, 1.165) is 96.3 Å². The van der Waals surface area contributed by atoms with Crippen molar-refractivity contribution in [3.05, 3.63) is 109 Å². The summed E-state index contributed by atoms with van der Waals surface area (Å²) >= 11 is 0. The number of aliphatic hydroxyl groups is 2. The second-order valence-electron chi connectivity index (χ2n) is 13.3. The molecule has 1 amide bonds. The summed E-state index contributed by atoms with van der Waals surface area (Å²) < 4.78 is 0. The van der Waals surface area contributed by atoms with Gasteiger partial charge in [0.25, 0.3) is 0 Å². The number of amides is 1. The van der Waals surface area contributed by atoms with Gasteiger partial charge in [0.05, 0.1) is 18.8 Å². The van der Waals surface area contributed by atoms with Crippen LogP contribution in [0, 0.1) is 0 Å². The van der Waals surface area contributed by atoms with E-state index in [1.54, 1.807) is 0 Å². The number of rotatable bonds is 35. The summed E-state index contributed by atoms with van der Waals surface area (Å²) in [7, 11) is 0. The fourth-order valence-corrected chi connectivity index (χ4v) is 5.41. The zero-order valence-electron chi connectivity index (χ0n) is 32.8. The fourth-order valence-electron chi connectivity index (χ4n) is 5.41. The van der Waals surface area contributed by atoms with Gasteiger partial charge in [-0.1, -0.05) is 181 Å². The SMILES string of the molecule is CC/C=C\C/C=C\C/C=C\C/C=C\C/C=C\C/C=C\C/C=C\C/C=C\C/C=C\CCCCCCCC(=O)NC(CO)C(O)CCCCCCCC. The molecule has 0 aromatic carbocycles. The Kier molecular flexibility index (Phi) is 39.1. The standard InChI is InChI=1S/C47H77NO3/c1-3-5-7-9-11-12-13-14-15-16-17-18-19-20-21-22-23-24-25-26-27-28-29-30-31-32-33-34-35-36-37-39-41-43-47(51)48-45(44-49)46(50)42-40-38-10-8-6-4-2/h5,7,11-12,14-15,17-18,20-21,23-24,26-27,29-30,32-33,45-46,49-50H,3-4,6,8-10,13,16,19,22,25,28,31,34-44H2,1-2H3,(H,48,51)/b7-5-,12-11-,15-14-,18-17-,21-20-,24-23-,27-26-,30-29-,33-32-. The highest BCUT2D eigenvalue weighted by atomic mass is 16.3. The predicted octanol–water partition coefficient (Wildman–Crippen LogP) is 12.8. The van der Waals surface area contributed by atoms with E-state index in [1.165, 1.54) is 38.5 Å². The van der Waals surface area contributed by atoms with Crippen molar-refractivity contribution in [2.45, 2.75) is 174 Å². The van der Waals surface area contributed by atoms with Crippen molar-refractivity contribution < 1.29 is 15.0 Å². The fraction of sp³-hybridized carbons (Fsp3) is 0.596. The Morgan fingerprint density at radius 2 is 0.863 bits per heavy atom. The molecule has 288 valence electrons. The summed E-state index contributed by atoms with van der Waals surface area (Å²) in [6.45, 7) is 4.15. The number of hydrogen-bond donors (Lipinski definition) is 3. The minimum Gasteiger partial charge on any atom is -0.394 e. The molecule has 0 radical (unpaired) electrons. The molecule has 0 bridgehead atoms.